The van der Waals surface area contributed by atoms with Gasteiger partial charge in [0, 0.05) is 83.2 Å². The summed E-state index contributed by atoms with van der Waals surface area (Å²) in [5.74, 6) is -6.31. The number of cyclic esters (lactones) is 2. The summed E-state index contributed by atoms with van der Waals surface area (Å²) in [6.07, 6.45) is -7.95. The van der Waals surface area contributed by atoms with Crippen molar-refractivity contribution in [2.75, 3.05) is 103 Å². The second-order valence-corrected chi connectivity index (χ2v) is 41.6. The number of likely N-dealkylation sites (tertiary alicyclic amines) is 1. The number of nitrogens with one attached hydrogen (secondary N) is 1. The predicted molar refractivity (Wildman–Crippen MR) is 518 cm³/mol. The van der Waals surface area contributed by atoms with Crippen molar-refractivity contribution in [1.29, 1.82) is 0 Å². The average Bonchev–Trinajstić information content (AvgIpc) is 0.776. The molecule has 0 aliphatic carbocycles. The highest BCUT2D eigenvalue weighted by Gasteiger charge is 2.56. The van der Waals surface area contributed by atoms with Crippen molar-refractivity contribution in [3.05, 3.63) is 47.6 Å². The molecule has 8 saturated heterocycles. The number of aliphatic hydroxyl groups is 10. The molecule has 0 radical (unpaired) electrons. The molecule has 0 aromatic carbocycles. The molecule has 810 valence electrons. The lowest BCUT2D eigenvalue weighted by Gasteiger charge is -2.50. The fourth-order valence-electron chi connectivity index (χ4n) is 21.3. The third-order valence-electron chi connectivity index (χ3n) is 29.9. The van der Waals surface area contributed by atoms with Crippen LogP contribution in [0.2, 0.25) is 0 Å². The first-order valence-corrected chi connectivity index (χ1v) is 50.9. The number of hydrogen-bond acceptors (Lipinski definition) is 37. The van der Waals surface area contributed by atoms with Gasteiger partial charge in [-0.1, -0.05) is 97.3 Å². The molecule has 8 fully saturated rings. The van der Waals surface area contributed by atoms with Crippen molar-refractivity contribution >= 4 is 29.8 Å². The first-order chi connectivity index (χ1) is 65.7. The van der Waals surface area contributed by atoms with E-state index in [2.05, 4.69) is 10.2 Å². The van der Waals surface area contributed by atoms with Crippen molar-refractivity contribution in [3.8, 4) is 0 Å². The van der Waals surface area contributed by atoms with Crippen LogP contribution in [0, 0.1) is 47.3 Å². The molecule has 11 N–H and O–H groups in total. The number of nitrogens with zero attached hydrogens (tertiary/aromatic N) is 3. The van der Waals surface area contributed by atoms with Gasteiger partial charge in [0.2, 0.25) is 0 Å². The van der Waals surface area contributed by atoms with Crippen molar-refractivity contribution < 1.29 is 160 Å². The molecule has 10 heterocycles. The summed E-state index contributed by atoms with van der Waals surface area (Å²) in [6, 6.07) is -1.43. The monoisotopic (exact) mass is 2000 g/mol. The summed E-state index contributed by atoms with van der Waals surface area (Å²) in [5, 5.41) is 116. The number of ether oxygens (including phenoxy) is 18. The lowest BCUT2D eigenvalue weighted by Crippen LogP contribution is -2.65. The van der Waals surface area contributed by atoms with Gasteiger partial charge in [0.15, 0.2) is 49.3 Å². The predicted octanol–water partition coefficient (Wildman–Crippen LogP) is 6.35. The van der Waals surface area contributed by atoms with Gasteiger partial charge in [-0.15, -0.1) is 0 Å². The van der Waals surface area contributed by atoms with E-state index in [1.807, 2.05) is 79.6 Å². The van der Waals surface area contributed by atoms with Crippen LogP contribution in [0.1, 0.15) is 221 Å². The van der Waals surface area contributed by atoms with E-state index in [0.29, 0.717) is 31.3 Å². The van der Waals surface area contributed by atoms with E-state index >= 15 is 0 Å². The molecule has 42 unspecified atom stereocenters. The molecule has 10 aliphatic heterocycles. The normalized spacial score (nSPS) is 44.3. The number of rotatable bonds is 27. The Morgan fingerprint density at radius 2 is 0.836 bits per heavy atom. The third kappa shape index (κ3) is 33.9. The number of likely N-dealkylation sites (N-methyl/N-ethyl adjacent to an activating group) is 2. The van der Waals surface area contributed by atoms with Crippen LogP contribution in [0.5, 0.6) is 0 Å². The second-order valence-electron chi connectivity index (χ2n) is 41.6. The fourth-order valence-corrected chi connectivity index (χ4v) is 21.3. The topological polar surface area (TPSA) is 476 Å². The number of carbonyl (C=O) groups excluding carboxylic acids is 5. The van der Waals surface area contributed by atoms with Gasteiger partial charge in [-0.05, 0) is 212 Å². The van der Waals surface area contributed by atoms with Crippen LogP contribution in [-0.4, -0.2) is 406 Å². The van der Waals surface area contributed by atoms with Crippen molar-refractivity contribution in [3.63, 3.8) is 0 Å². The second kappa shape index (κ2) is 58.0. The third-order valence-corrected chi connectivity index (χ3v) is 29.9. The molecule has 0 saturated carbocycles. The SMILES string of the molecule is C.C1CCNCC1.CCC1OC(=O)CC(O)C(C)C(OC2OC(C)C(OC3CC(C)(O)C(O)C(C)O3)C(N(C)C)C2O)C(CC=O)CC(C)C(=O)/C=C/C(C)=C/C1COC1OC(C)C(O)C(OC)C1OC.CCC1OC(=O)CC(O)C(C)C(OC2OC(C)C(OC3CC(C)(O)C(O)C(C)O3)C(N(C)C)C2O)C(CCN2CCCCC2)CC(C)C(=O)/C=C/C(C)=C/C1COC1OC(C)C(O)C(OC)C1OC. The van der Waals surface area contributed by atoms with Gasteiger partial charge in [0.1, 0.15) is 91.7 Å². The number of aldehydes is 1. The highest BCUT2D eigenvalue weighted by molar-refractivity contribution is 5.92. The molecule has 0 amide bonds. The minimum absolute atomic E-state index is 0. The molecule has 10 aliphatic rings. The number of hydrogen-bond donors (Lipinski definition) is 11. The Kier molecular flexibility index (Phi) is 50.8. The standard InChI is InChI=1S/C51H88N2O16.C46H77NO17.C5H11N.CH4/c1-13-38-35(27-63-50-47(62-12)46(61-11)42(57)31(5)65-50)23-28(2)17-18-36(54)29(3)24-34(19-22-53-20-15-14-16-21-53)44(30(4)37(55)25-39(56)67-38)69-49-43(58)41(52(9)10)45(32(6)66-49)68-40-26-51(8,60)48(59)33(7)64-40;1-13-33-30(22-58-45-42(57-12)41(56-11)37(52)26(5)60-45)18-23(2)14-15-31(49)24(3)19-29(16-17-48)39(25(4)32(50)20-34(51)62-33)64-44-38(53)36(47(9)10)40(27(6)61-44)63-35-21-46(8,55)43(54)28(7)59-35;1-2-4-6-5-3-1;/h17-18,23,29-35,37-38,40-50,55,57-60H,13-16,19-22,24-27H2,1-12H3;14-15,17-18,24-30,32-33,35-45,50,52-55H,13,16,19-22H2,1-12H3;6H,1-5H2;1H4/b18-17+,28-23+;15-14+,23-18+;;. The zero-order valence-corrected chi connectivity index (χ0v) is 87.1. The Morgan fingerprint density at radius 1 is 0.464 bits per heavy atom. The highest BCUT2D eigenvalue weighted by atomic mass is 16.8. The average molecular weight is 2000 g/mol. The van der Waals surface area contributed by atoms with Crippen molar-refractivity contribution in [2.24, 2.45) is 47.3 Å². The van der Waals surface area contributed by atoms with Gasteiger partial charge < -0.3 is 161 Å². The maximum atomic E-state index is 14.1. The van der Waals surface area contributed by atoms with Crippen LogP contribution in [-0.2, 0) is 109 Å². The molecule has 37 nitrogen and oxygen atoms in total. The Labute approximate surface area is 832 Å². The van der Waals surface area contributed by atoms with E-state index in [-0.39, 0.29) is 70.2 Å². The van der Waals surface area contributed by atoms with Gasteiger partial charge >= 0.3 is 11.9 Å². The highest BCUT2D eigenvalue weighted by Crippen LogP contribution is 2.43. The van der Waals surface area contributed by atoms with E-state index in [9.17, 15) is 75.0 Å². The maximum absolute atomic E-state index is 14.1. The van der Waals surface area contributed by atoms with Crippen LogP contribution in [0.3, 0.4) is 0 Å². The number of carbonyl (C=O) groups is 5. The smallest absolute Gasteiger partial charge is 0.308 e. The summed E-state index contributed by atoms with van der Waals surface area (Å²) in [5.41, 5.74) is -1.53. The number of piperidine rings is 2. The van der Waals surface area contributed by atoms with Crippen molar-refractivity contribution in [2.45, 2.75) is 428 Å². The Hall–Kier alpha value is -4.29. The minimum Gasteiger partial charge on any atom is -0.462 e. The Balaban J connectivity index is 0.000000357. The molecule has 0 aromatic heterocycles. The number of esters is 2. The van der Waals surface area contributed by atoms with Gasteiger partial charge in [-0.25, -0.2) is 0 Å². The summed E-state index contributed by atoms with van der Waals surface area (Å²) in [6.45, 7) is 33.0. The molecular formula is C103H180N4O33. The molecular weight excluding hydrogens is 1820 g/mol. The summed E-state index contributed by atoms with van der Waals surface area (Å²) in [7, 11) is 13.0. The largest absolute Gasteiger partial charge is 0.462 e. The van der Waals surface area contributed by atoms with Crippen LogP contribution in [0.15, 0.2) is 47.6 Å². The summed E-state index contributed by atoms with van der Waals surface area (Å²) >= 11 is 0. The van der Waals surface area contributed by atoms with Crippen LogP contribution in [0.4, 0.5) is 0 Å². The summed E-state index contributed by atoms with van der Waals surface area (Å²) in [4.78, 5) is 73.9. The van der Waals surface area contributed by atoms with E-state index in [1.54, 1.807) is 85.7 Å². The first-order valence-electron chi connectivity index (χ1n) is 50.9. The number of ketones is 2. The van der Waals surface area contributed by atoms with Gasteiger partial charge in [-0.2, -0.15) is 0 Å². The van der Waals surface area contributed by atoms with Crippen LogP contribution >= 0.6 is 0 Å². The quantitative estimate of drug-likeness (QED) is 0.0315. The number of aliphatic hydroxyl groups excluding tert-OH is 8. The molecule has 0 spiro atoms. The zero-order chi connectivity index (χ0) is 103. The number of methoxy groups -OCH3 is 4. The minimum atomic E-state index is -1.49. The lowest BCUT2D eigenvalue weighted by molar-refractivity contribution is -0.342. The van der Waals surface area contributed by atoms with Gasteiger partial charge in [0.25, 0.3) is 0 Å². The van der Waals surface area contributed by atoms with E-state index < -0.39 is 267 Å². The van der Waals surface area contributed by atoms with E-state index in [1.165, 1.54) is 87.1 Å². The Morgan fingerprint density at radius 3 is 1.18 bits per heavy atom. The van der Waals surface area contributed by atoms with Crippen molar-refractivity contribution in [1.82, 2.24) is 20.0 Å². The number of allylic oxidation sites excluding steroid dienone is 6. The first kappa shape index (κ1) is 123. The summed E-state index contributed by atoms with van der Waals surface area (Å²) < 4.78 is 110. The van der Waals surface area contributed by atoms with Gasteiger partial charge in [0.05, 0.1) is 110 Å². The molecule has 0 bridgehead atoms. The fraction of sp³-hybridized carbons (Fsp3) is 0.874. The zero-order valence-electron chi connectivity index (χ0n) is 87.1. The molecule has 42 atom stereocenters. The lowest BCUT2D eigenvalue weighted by atomic mass is 9.79. The maximum Gasteiger partial charge on any atom is 0.308 e. The van der Waals surface area contributed by atoms with E-state index in [4.69, 9.17) is 85.3 Å². The molecule has 140 heavy (non-hydrogen) atoms. The molecule has 37 heteroatoms. The van der Waals surface area contributed by atoms with E-state index in [0.717, 1.165) is 44.3 Å². The molecule has 10 rings (SSSR count). The van der Waals surface area contributed by atoms with Crippen LogP contribution in [0.25, 0.3) is 0 Å². The molecule has 0 aromatic rings. The van der Waals surface area contributed by atoms with Gasteiger partial charge in [-0.3, -0.25) is 19.2 Å². The Bertz CT molecular complexity index is 3780. The van der Waals surface area contributed by atoms with Crippen LogP contribution < -0.4 is 5.32 Å².